The van der Waals surface area contributed by atoms with E-state index >= 15 is 0 Å². The molecule has 0 aromatic rings. The number of nitrogens with one attached hydrogen (secondary N) is 2. The summed E-state index contributed by atoms with van der Waals surface area (Å²) in [5.74, 6) is 0.802. The predicted molar refractivity (Wildman–Crippen MR) is 71.0 cm³/mol. The average molecular weight is 259 g/mol. The van der Waals surface area contributed by atoms with Crippen LogP contribution in [0, 0.1) is 0 Å². The Morgan fingerprint density at radius 2 is 2.17 bits per heavy atom. The molecule has 18 heavy (non-hydrogen) atoms. The first-order valence-corrected chi connectivity index (χ1v) is 6.49. The summed E-state index contributed by atoms with van der Waals surface area (Å²) >= 11 is 0. The van der Waals surface area contributed by atoms with E-state index in [0.717, 1.165) is 51.7 Å². The summed E-state index contributed by atoms with van der Waals surface area (Å²) in [5.41, 5.74) is 0. The summed E-state index contributed by atoms with van der Waals surface area (Å²) in [4.78, 5) is 4.11. The van der Waals surface area contributed by atoms with Gasteiger partial charge in [0, 0.05) is 40.5 Å². The van der Waals surface area contributed by atoms with Crippen molar-refractivity contribution < 1.29 is 14.2 Å². The topological polar surface area (TPSA) is 64.1 Å². The number of hydrogen-bond donors (Lipinski definition) is 2. The van der Waals surface area contributed by atoms with Crippen molar-refractivity contribution in [1.29, 1.82) is 0 Å². The zero-order valence-electron chi connectivity index (χ0n) is 11.4. The van der Waals surface area contributed by atoms with E-state index in [1.54, 1.807) is 14.2 Å². The molecule has 0 saturated carbocycles. The Morgan fingerprint density at radius 3 is 2.83 bits per heavy atom. The first-order valence-electron chi connectivity index (χ1n) is 6.49. The molecule has 1 aliphatic heterocycles. The van der Waals surface area contributed by atoms with Crippen LogP contribution in [0.25, 0.3) is 0 Å². The highest BCUT2D eigenvalue weighted by Gasteiger charge is 2.15. The fourth-order valence-electron chi connectivity index (χ4n) is 1.67. The lowest BCUT2D eigenvalue weighted by Gasteiger charge is -2.12. The smallest absolute Gasteiger partial charge is 0.191 e. The molecule has 1 unspecified atom stereocenters. The molecule has 1 heterocycles. The minimum atomic E-state index is 0.296. The van der Waals surface area contributed by atoms with E-state index in [9.17, 15) is 0 Å². The third-order valence-corrected chi connectivity index (χ3v) is 2.68. The minimum absolute atomic E-state index is 0.296. The Hall–Kier alpha value is -0.850. The van der Waals surface area contributed by atoms with E-state index in [1.807, 2.05) is 0 Å². The minimum Gasteiger partial charge on any atom is -0.383 e. The maximum atomic E-state index is 5.67. The number of nitrogens with zero attached hydrogens (tertiary/aromatic N) is 1. The van der Waals surface area contributed by atoms with Gasteiger partial charge in [-0.25, -0.2) is 0 Å². The van der Waals surface area contributed by atoms with Crippen molar-refractivity contribution in [3.63, 3.8) is 0 Å². The summed E-state index contributed by atoms with van der Waals surface area (Å²) in [6.45, 7) is 4.61. The molecular weight excluding hydrogens is 234 g/mol. The van der Waals surface area contributed by atoms with Gasteiger partial charge >= 0.3 is 0 Å². The number of ether oxygens (including phenoxy) is 3. The highest BCUT2D eigenvalue weighted by atomic mass is 16.5. The lowest BCUT2D eigenvalue weighted by atomic mass is 10.3. The molecule has 1 aliphatic rings. The molecule has 106 valence electrons. The van der Waals surface area contributed by atoms with E-state index in [0.29, 0.717) is 12.7 Å². The summed E-state index contributed by atoms with van der Waals surface area (Å²) in [7, 11) is 3.44. The Morgan fingerprint density at radius 1 is 1.33 bits per heavy atom. The SMILES string of the molecule is CN=C(NCCCOC1CCOC1)NCCOC. The standard InChI is InChI=1S/C12H25N3O3/c1-13-12(15-6-9-16-2)14-5-3-7-18-11-4-8-17-10-11/h11H,3-10H2,1-2H3,(H2,13,14,15). The van der Waals surface area contributed by atoms with E-state index in [1.165, 1.54) is 0 Å². The van der Waals surface area contributed by atoms with Crippen LogP contribution in [0.1, 0.15) is 12.8 Å². The van der Waals surface area contributed by atoms with Gasteiger partial charge in [-0.05, 0) is 12.8 Å². The Balaban J connectivity index is 1.94. The third-order valence-electron chi connectivity index (χ3n) is 2.68. The van der Waals surface area contributed by atoms with Crippen LogP contribution in [0.15, 0.2) is 4.99 Å². The molecule has 0 spiro atoms. The summed E-state index contributed by atoms with van der Waals surface area (Å²) in [6, 6.07) is 0. The second kappa shape index (κ2) is 10.1. The molecule has 6 heteroatoms. The van der Waals surface area contributed by atoms with Crippen LogP contribution < -0.4 is 10.6 Å². The fraction of sp³-hybridized carbons (Fsp3) is 0.917. The Kier molecular flexibility index (Phi) is 8.54. The predicted octanol–water partition coefficient (Wildman–Crippen LogP) is -0.00660. The van der Waals surface area contributed by atoms with Gasteiger partial charge in [0.25, 0.3) is 0 Å². The van der Waals surface area contributed by atoms with Crippen molar-refractivity contribution in [2.24, 2.45) is 4.99 Å². The van der Waals surface area contributed by atoms with Gasteiger partial charge in [0.15, 0.2) is 5.96 Å². The summed E-state index contributed by atoms with van der Waals surface area (Å²) < 4.78 is 15.9. The lowest BCUT2D eigenvalue weighted by molar-refractivity contribution is 0.0420. The molecule has 0 bridgehead atoms. The van der Waals surface area contributed by atoms with E-state index in [4.69, 9.17) is 14.2 Å². The second-order valence-electron chi connectivity index (χ2n) is 4.13. The van der Waals surface area contributed by atoms with Gasteiger partial charge in [-0.2, -0.15) is 0 Å². The largest absolute Gasteiger partial charge is 0.383 e. The highest BCUT2D eigenvalue weighted by molar-refractivity contribution is 5.79. The van der Waals surface area contributed by atoms with Crippen molar-refractivity contribution in [1.82, 2.24) is 10.6 Å². The molecule has 2 N–H and O–H groups in total. The monoisotopic (exact) mass is 259 g/mol. The summed E-state index contributed by atoms with van der Waals surface area (Å²) in [5, 5.41) is 6.38. The molecule has 0 aliphatic carbocycles. The zero-order valence-corrected chi connectivity index (χ0v) is 11.4. The van der Waals surface area contributed by atoms with Crippen LogP contribution in [-0.4, -0.2) is 65.7 Å². The highest BCUT2D eigenvalue weighted by Crippen LogP contribution is 2.07. The van der Waals surface area contributed by atoms with E-state index < -0.39 is 0 Å². The van der Waals surface area contributed by atoms with E-state index in [-0.39, 0.29) is 0 Å². The number of methoxy groups -OCH3 is 1. The van der Waals surface area contributed by atoms with Crippen LogP contribution >= 0.6 is 0 Å². The van der Waals surface area contributed by atoms with Crippen molar-refractivity contribution in [3.05, 3.63) is 0 Å². The van der Waals surface area contributed by atoms with Crippen molar-refractivity contribution in [2.75, 3.05) is 53.7 Å². The van der Waals surface area contributed by atoms with Gasteiger partial charge in [-0.1, -0.05) is 0 Å². The van der Waals surface area contributed by atoms with Crippen molar-refractivity contribution >= 4 is 5.96 Å². The van der Waals surface area contributed by atoms with Crippen LogP contribution in [0.3, 0.4) is 0 Å². The zero-order chi connectivity index (χ0) is 13.1. The Labute approximate surface area is 109 Å². The number of hydrogen-bond acceptors (Lipinski definition) is 4. The van der Waals surface area contributed by atoms with Crippen LogP contribution in [0.2, 0.25) is 0 Å². The number of aliphatic imine (C=N–C) groups is 1. The molecular formula is C12H25N3O3. The molecule has 1 saturated heterocycles. The molecule has 6 nitrogen and oxygen atoms in total. The molecule has 0 radical (unpaired) electrons. The Bertz CT molecular complexity index is 231. The van der Waals surface area contributed by atoms with Gasteiger partial charge in [0.2, 0.25) is 0 Å². The first kappa shape index (κ1) is 15.2. The van der Waals surface area contributed by atoms with Gasteiger partial charge in [-0.15, -0.1) is 0 Å². The van der Waals surface area contributed by atoms with Crippen molar-refractivity contribution in [2.45, 2.75) is 18.9 Å². The van der Waals surface area contributed by atoms with Gasteiger partial charge in [0.05, 0.1) is 19.3 Å². The van der Waals surface area contributed by atoms with Crippen LogP contribution in [0.5, 0.6) is 0 Å². The molecule has 1 fully saturated rings. The molecule has 1 atom stereocenters. The molecule has 0 amide bonds. The number of guanidine groups is 1. The molecule has 0 aromatic carbocycles. The lowest BCUT2D eigenvalue weighted by Crippen LogP contribution is -2.39. The second-order valence-corrected chi connectivity index (χ2v) is 4.13. The molecule has 1 rings (SSSR count). The number of rotatable bonds is 8. The van der Waals surface area contributed by atoms with Crippen LogP contribution in [0.4, 0.5) is 0 Å². The fourth-order valence-corrected chi connectivity index (χ4v) is 1.67. The first-order chi connectivity index (χ1) is 8.86. The normalized spacial score (nSPS) is 20.1. The third kappa shape index (κ3) is 6.78. The molecule has 0 aromatic heterocycles. The van der Waals surface area contributed by atoms with Gasteiger partial charge in [-0.3, -0.25) is 4.99 Å². The summed E-state index contributed by atoms with van der Waals surface area (Å²) in [6.07, 6.45) is 2.28. The average Bonchev–Trinajstić information content (AvgIpc) is 2.89. The van der Waals surface area contributed by atoms with Crippen LogP contribution in [-0.2, 0) is 14.2 Å². The maximum Gasteiger partial charge on any atom is 0.191 e. The van der Waals surface area contributed by atoms with Gasteiger partial charge in [0.1, 0.15) is 0 Å². The quantitative estimate of drug-likeness (QED) is 0.365. The van der Waals surface area contributed by atoms with Gasteiger partial charge < -0.3 is 24.8 Å². The van der Waals surface area contributed by atoms with Crippen molar-refractivity contribution in [3.8, 4) is 0 Å². The maximum absolute atomic E-state index is 5.67. The van der Waals surface area contributed by atoms with E-state index in [2.05, 4.69) is 15.6 Å².